The molecule has 0 aliphatic heterocycles. The number of hydrogen-bond donors (Lipinski definition) is 0. The summed E-state index contributed by atoms with van der Waals surface area (Å²) in [4.78, 5) is 13.0. The van der Waals surface area contributed by atoms with Crippen LogP contribution in [-0.4, -0.2) is 17.4 Å². The summed E-state index contributed by atoms with van der Waals surface area (Å²) in [7, 11) is 0. The summed E-state index contributed by atoms with van der Waals surface area (Å²) in [6, 6.07) is 4.80. The van der Waals surface area contributed by atoms with Gasteiger partial charge >= 0.3 is 0 Å². The van der Waals surface area contributed by atoms with Gasteiger partial charge in [-0.05, 0) is 13.0 Å². The third-order valence-corrected chi connectivity index (χ3v) is 2.44. The van der Waals surface area contributed by atoms with Crippen molar-refractivity contribution in [1.82, 2.24) is 4.90 Å². The standard InChI is InChI=1S/C13H12F2N2O/c1-3-17(13(18)9(2)7-16)8-10-4-5-11(14)6-12(10)15/h4-6H,2-3,8H2,1H3. The number of nitrogens with zero attached hydrogens (tertiary/aromatic N) is 2. The number of likely N-dealkylation sites (N-methyl/N-ethyl adjacent to an activating group) is 1. The number of nitriles is 1. The van der Waals surface area contributed by atoms with Gasteiger partial charge in [0.05, 0.1) is 0 Å². The van der Waals surface area contributed by atoms with Crippen molar-refractivity contribution in [3.05, 3.63) is 47.5 Å². The highest BCUT2D eigenvalue weighted by atomic mass is 19.1. The molecule has 0 aliphatic rings. The Labute approximate surface area is 104 Å². The molecule has 3 nitrogen and oxygen atoms in total. The Balaban J connectivity index is 2.90. The van der Waals surface area contributed by atoms with Gasteiger partial charge in [-0.15, -0.1) is 0 Å². The number of amides is 1. The predicted octanol–water partition coefficient (Wildman–Crippen LogP) is 2.39. The van der Waals surface area contributed by atoms with Gasteiger partial charge in [-0.1, -0.05) is 12.6 Å². The molecule has 1 rings (SSSR count). The minimum absolute atomic E-state index is 0.0256. The molecule has 0 fully saturated rings. The molecule has 1 amide bonds. The molecule has 1 aromatic carbocycles. The Morgan fingerprint density at radius 2 is 2.17 bits per heavy atom. The van der Waals surface area contributed by atoms with E-state index in [2.05, 4.69) is 6.58 Å². The van der Waals surface area contributed by atoms with Crippen molar-refractivity contribution in [3.8, 4) is 6.07 Å². The van der Waals surface area contributed by atoms with Crippen LogP contribution in [0.1, 0.15) is 12.5 Å². The van der Waals surface area contributed by atoms with Crippen LogP contribution in [0.15, 0.2) is 30.4 Å². The van der Waals surface area contributed by atoms with Gasteiger partial charge in [-0.25, -0.2) is 8.78 Å². The molecule has 94 valence electrons. The number of hydrogen-bond acceptors (Lipinski definition) is 2. The summed E-state index contributed by atoms with van der Waals surface area (Å²) < 4.78 is 26.2. The van der Waals surface area contributed by atoms with Crippen LogP contribution >= 0.6 is 0 Å². The third kappa shape index (κ3) is 3.14. The maximum atomic E-state index is 13.4. The molecule has 0 bridgehead atoms. The van der Waals surface area contributed by atoms with Gasteiger partial charge in [0.1, 0.15) is 23.3 Å². The van der Waals surface area contributed by atoms with Crippen LogP contribution in [-0.2, 0) is 11.3 Å². The van der Waals surface area contributed by atoms with Crippen molar-refractivity contribution in [3.63, 3.8) is 0 Å². The number of halogens is 2. The van der Waals surface area contributed by atoms with E-state index in [0.717, 1.165) is 12.1 Å². The normalized spacial score (nSPS) is 9.67. The molecule has 18 heavy (non-hydrogen) atoms. The van der Waals surface area contributed by atoms with E-state index < -0.39 is 17.5 Å². The highest BCUT2D eigenvalue weighted by molar-refractivity contribution is 5.96. The largest absolute Gasteiger partial charge is 0.334 e. The van der Waals surface area contributed by atoms with Crippen molar-refractivity contribution in [1.29, 1.82) is 5.26 Å². The van der Waals surface area contributed by atoms with E-state index in [0.29, 0.717) is 6.54 Å². The van der Waals surface area contributed by atoms with Crippen molar-refractivity contribution in [2.45, 2.75) is 13.5 Å². The van der Waals surface area contributed by atoms with Crippen molar-refractivity contribution >= 4 is 5.91 Å². The highest BCUT2D eigenvalue weighted by Crippen LogP contribution is 2.13. The van der Waals surface area contributed by atoms with E-state index in [1.165, 1.54) is 11.0 Å². The second-order valence-corrected chi connectivity index (χ2v) is 3.65. The second-order valence-electron chi connectivity index (χ2n) is 3.65. The fourth-order valence-electron chi connectivity index (χ4n) is 1.42. The van der Waals surface area contributed by atoms with E-state index in [9.17, 15) is 13.6 Å². The first-order valence-corrected chi connectivity index (χ1v) is 5.31. The lowest BCUT2D eigenvalue weighted by Crippen LogP contribution is -2.31. The Morgan fingerprint density at radius 1 is 1.50 bits per heavy atom. The summed E-state index contributed by atoms with van der Waals surface area (Å²) in [5.74, 6) is -1.94. The molecule has 0 spiro atoms. The molecule has 0 N–H and O–H groups in total. The Kier molecular flexibility index (Phi) is 4.55. The van der Waals surface area contributed by atoms with Gasteiger partial charge < -0.3 is 4.90 Å². The zero-order valence-corrected chi connectivity index (χ0v) is 9.91. The molecule has 0 unspecified atom stereocenters. The number of carbonyl (C=O) groups is 1. The monoisotopic (exact) mass is 250 g/mol. The summed E-state index contributed by atoms with van der Waals surface area (Å²) in [6.07, 6.45) is 0. The molecular formula is C13H12F2N2O. The third-order valence-electron chi connectivity index (χ3n) is 2.44. The minimum Gasteiger partial charge on any atom is -0.334 e. The van der Waals surface area contributed by atoms with Gasteiger partial charge in [0, 0.05) is 24.7 Å². The Morgan fingerprint density at radius 3 is 2.67 bits per heavy atom. The van der Waals surface area contributed by atoms with Gasteiger partial charge in [-0.3, -0.25) is 4.79 Å². The Bertz CT molecular complexity index is 520. The topological polar surface area (TPSA) is 44.1 Å². The van der Waals surface area contributed by atoms with Crippen LogP contribution in [0.25, 0.3) is 0 Å². The van der Waals surface area contributed by atoms with Gasteiger partial charge in [0.15, 0.2) is 0 Å². The summed E-state index contributed by atoms with van der Waals surface area (Å²) >= 11 is 0. The first-order valence-electron chi connectivity index (χ1n) is 5.31. The van der Waals surface area contributed by atoms with E-state index in [-0.39, 0.29) is 17.7 Å². The van der Waals surface area contributed by atoms with Crippen LogP contribution in [0.4, 0.5) is 8.78 Å². The molecule has 1 aromatic rings. The number of rotatable bonds is 4. The second kappa shape index (κ2) is 5.92. The number of benzene rings is 1. The zero-order valence-electron chi connectivity index (χ0n) is 9.91. The first kappa shape index (κ1) is 13.8. The fraction of sp³-hybridized carbons (Fsp3) is 0.231. The van der Waals surface area contributed by atoms with Gasteiger partial charge in [0.2, 0.25) is 0 Å². The molecular weight excluding hydrogens is 238 g/mol. The maximum absolute atomic E-state index is 13.4. The quantitative estimate of drug-likeness (QED) is 0.608. The van der Waals surface area contributed by atoms with Crippen LogP contribution in [0.2, 0.25) is 0 Å². The van der Waals surface area contributed by atoms with E-state index >= 15 is 0 Å². The summed E-state index contributed by atoms with van der Waals surface area (Å²) in [6.45, 7) is 5.29. The van der Waals surface area contributed by atoms with Crippen molar-refractivity contribution < 1.29 is 13.6 Å². The number of carbonyl (C=O) groups excluding carboxylic acids is 1. The average molecular weight is 250 g/mol. The molecule has 0 heterocycles. The predicted molar refractivity (Wildman–Crippen MR) is 62.2 cm³/mol. The molecule has 0 saturated heterocycles. The minimum atomic E-state index is -0.719. The van der Waals surface area contributed by atoms with Crippen LogP contribution in [0.5, 0.6) is 0 Å². The van der Waals surface area contributed by atoms with Gasteiger partial charge in [0.25, 0.3) is 5.91 Å². The summed E-state index contributed by atoms with van der Waals surface area (Å²) in [5, 5.41) is 8.59. The lowest BCUT2D eigenvalue weighted by molar-refractivity contribution is -0.127. The first-order chi connectivity index (χ1) is 8.49. The van der Waals surface area contributed by atoms with E-state index in [1.807, 2.05) is 0 Å². The average Bonchev–Trinajstić information content (AvgIpc) is 2.36. The lowest BCUT2D eigenvalue weighted by atomic mass is 10.1. The van der Waals surface area contributed by atoms with E-state index in [4.69, 9.17) is 5.26 Å². The molecule has 0 saturated carbocycles. The van der Waals surface area contributed by atoms with Gasteiger partial charge in [-0.2, -0.15) is 5.26 Å². The highest BCUT2D eigenvalue weighted by Gasteiger charge is 2.17. The fourth-order valence-corrected chi connectivity index (χ4v) is 1.42. The van der Waals surface area contributed by atoms with Crippen LogP contribution in [0.3, 0.4) is 0 Å². The molecule has 0 atom stereocenters. The van der Waals surface area contributed by atoms with Crippen molar-refractivity contribution in [2.24, 2.45) is 0 Å². The summed E-state index contributed by atoms with van der Waals surface area (Å²) in [5.41, 5.74) is -0.0169. The Hall–Kier alpha value is -2.22. The molecule has 0 radical (unpaired) electrons. The molecule has 0 aromatic heterocycles. The maximum Gasteiger partial charge on any atom is 0.264 e. The van der Waals surface area contributed by atoms with Crippen LogP contribution < -0.4 is 0 Å². The van der Waals surface area contributed by atoms with E-state index in [1.54, 1.807) is 13.0 Å². The van der Waals surface area contributed by atoms with Crippen LogP contribution in [0, 0.1) is 23.0 Å². The van der Waals surface area contributed by atoms with Crippen molar-refractivity contribution in [2.75, 3.05) is 6.54 Å². The molecule has 5 heteroatoms. The molecule has 0 aliphatic carbocycles. The zero-order chi connectivity index (χ0) is 13.7. The SMILES string of the molecule is C=C(C#N)C(=O)N(CC)Cc1ccc(F)cc1F. The lowest BCUT2D eigenvalue weighted by Gasteiger charge is -2.20. The smallest absolute Gasteiger partial charge is 0.264 e.